The topological polar surface area (TPSA) is 70.1 Å². The van der Waals surface area contributed by atoms with Crippen LogP contribution in [0.2, 0.25) is 0 Å². The molecule has 1 heterocycles. The molecule has 1 N–H and O–H groups in total. The summed E-state index contributed by atoms with van der Waals surface area (Å²) in [6, 6.07) is -0.0743. The minimum atomic E-state index is -0.893. The number of amides is 2. The number of nitrogens with zero attached hydrogens (tertiary/aromatic N) is 2. The highest BCUT2D eigenvalue weighted by Gasteiger charge is 2.41. The Bertz CT molecular complexity index is 357. The molecule has 2 aliphatic rings. The van der Waals surface area contributed by atoms with E-state index < -0.39 is 11.9 Å². The number of ether oxygens (including phenoxy) is 1. The summed E-state index contributed by atoms with van der Waals surface area (Å²) in [5.74, 6) is -1.51. The second kappa shape index (κ2) is 5.77. The maximum absolute atomic E-state index is 12.5. The molecule has 1 aliphatic heterocycles. The highest BCUT2D eigenvalue weighted by Crippen LogP contribution is 2.29. The number of carboxylic acids is 1. The quantitative estimate of drug-likeness (QED) is 0.809. The summed E-state index contributed by atoms with van der Waals surface area (Å²) in [7, 11) is 1.68. The van der Waals surface area contributed by atoms with Gasteiger partial charge in [0.15, 0.2) is 0 Å². The van der Waals surface area contributed by atoms with Crippen LogP contribution in [0.3, 0.4) is 0 Å². The summed E-state index contributed by atoms with van der Waals surface area (Å²) in [5.41, 5.74) is 0. The van der Waals surface area contributed by atoms with E-state index in [0.717, 1.165) is 25.8 Å². The molecule has 19 heavy (non-hydrogen) atoms. The van der Waals surface area contributed by atoms with Crippen molar-refractivity contribution in [2.45, 2.75) is 38.3 Å². The minimum Gasteiger partial charge on any atom is -0.481 e. The summed E-state index contributed by atoms with van der Waals surface area (Å²) in [4.78, 5) is 27.0. The van der Waals surface area contributed by atoms with Crippen LogP contribution in [-0.2, 0) is 9.53 Å². The molecule has 1 saturated heterocycles. The van der Waals surface area contributed by atoms with Gasteiger partial charge in [-0.1, -0.05) is 6.92 Å². The Balaban J connectivity index is 2.02. The van der Waals surface area contributed by atoms with Gasteiger partial charge >= 0.3 is 12.0 Å². The predicted octanol–water partition coefficient (Wildman–Crippen LogP) is 1.01. The second-order valence-electron chi connectivity index (χ2n) is 5.37. The van der Waals surface area contributed by atoms with Crippen molar-refractivity contribution in [3.8, 4) is 0 Å². The second-order valence-corrected chi connectivity index (χ2v) is 5.37. The molecule has 0 aromatic carbocycles. The Morgan fingerprint density at radius 3 is 2.53 bits per heavy atom. The molecule has 0 aromatic heterocycles. The Labute approximate surface area is 113 Å². The molecule has 2 fully saturated rings. The molecule has 6 heteroatoms. The van der Waals surface area contributed by atoms with Gasteiger partial charge in [-0.25, -0.2) is 4.79 Å². The minimum absolute atomic E-state index is 0.0638. The van der Waals surface area contributed by atoms with Crippen LogP contribution >= 0.6 is 0 Å². The van der Waals surface area contributed by atoms with E-state index in [2.05, 4.69) is 0 Å². The molecule has 2 amide bonds. The average Bonchev–Trinajstić information content (AvgIpc) is 3.09. The average molecular weight is 270 g/mol. The van der Waals surface area contributed by atoms with Crippen molar-refractivity contribution in [1.82, 2.24) is 9.80 Å². The van der Waals surface area contributed by atoms with Gasteiger partial charge in [0.25, 0.3) is 0 Å². The number of carbonyl (C=O) groups is 2. The lowest BCUT2D eigenvalue weighted by atomic mass is 10.0. The van der Waals surface area contributed by atoms with E-state index >= 15 is 0 Å². The Hall–Kier alpha value is -1.30. The van der Waals surface area contributed by atoms with Crippen molar-refractivity contribution in [3.63, 3.8) is 0 Å². The number of hydrogen-bond donors (Lipinski definition) is 1. The number of rotatable bonds is 5. The molecule has 1 saturated carbocycles. The van der Waals surface area contributed by atoms with Crippen molar-refractivity contribution < 1.29 is 19.4 Å². The summed E-state index contributed by atoms with van der Waals surface area (Å²) in [6.07, 6.45) is 3.03. The standard InChI is InChI=1S/C13H22N2O4/c1-3-6-15(9-4-5-9)13(18)14(2)11-8-19-7-10(11)12(16)17/h9-11H,3-8H2,1-2H3,(H,16,17). The smallest absolute Gasteiger partial charge is 0.320 e. The van der Waals surface area contributed by atoms with Crippen LogP contribution < -0.4 is 0 Å². The Kier molecular flexibility index (Phi) is 4.29. The number of hydrogen-bond acceptors (Lipinski definition) is 3. The van der Waals surface area contributed by atoms with Crippen LogP contribution in [0.4, 0.5) is 4.79 Å². The number of aliphatic carboxylic acids is 1. The summed E-state index contributed by atoms with van der Waals surface area (Å²) < 4.78 is 5.22. The van der Waals surface area contributed by atoms with Crippen molar-refractivity contribution in [2.24, 2.45) is 5.92 Å². The highest BCUT2D eigenvalue weighted by molar-refractivity contribution is 5.77. The first-order valence-electron chi connectivity index (χ1n) is 6.90. The van der Waals surface area contributed by atoms with Gasteiger partial charge in [0.05, 0.1) is 19.3 Å². The normalized spacial score (nSPS) is 26.2. The number of likely N-dealkylation sites (N-methyl/N-ethyl adjacent to an activating group) is 1. The zero-order chi connectivity index (χ0) is 14.0. The fourth-order valence-electron chi connectivity index (χ4n) is 2.57. The molecule has 0 spiro atoms. The van der Waals surface area contributed by atoms with Crippen molar-refractivity contribution in [3.05, 3.63) is 0 Å². The van der Waals surface area contributed by atoms with Crippen LogP contribution in [-0.4, -0.2) is 65.8 Å². The van der Waals surface area contributed by atoms with E-state index in [1.54, 1.807) is 11.9 Å². The van der Waals surface area contributed by atoms with Gasteiger partial charge in [-0.2, -0.15) is 0 Å². The lowest BCUT2D eigenvalue weighted by Gasteiger charge is -2.32. The van der Waals surface area contributed by atoms with Gasteiger partial charge < -0.3 is 19.6 Å². The molecule has 108 valence electrons. The largest absolute Gasteiger partial charge is 0.481 e. The van der Waals surface area contributed by atoms with Gasteiger partial charge in [-0.05, 0) is 19.3 Å². The third kappa shape index (κ3) is 3.00. The molecule has 0 bridgehead atoms. The van der Waals surface area contributed by atoms with Crippen molar-refractivity contribution in [2.75, 3.05) is 26.8 Å². The SMILES string of the molecule is CCCN(C(=O)N(C)C1COCC1C(=O)O)C1CC1. The highest BCUT2D eigenvalue weighted by atomic mass is 16.5. The molecule has 6 nitrogen and oxygen atoms in total. The fourth-order valence-corrected chi connectivity index (χ4v) is 2.57. The van der Waals surface area contributed by atoms with E-state index in [1.165, 1.54) is 0 Å². The zero-order valence-electron chi connectivity index (χ0n) is 11.5. The predicted molar refractivity (Wildman–Crippen MR) is 68.9 cm³/mol. The number of carboxylic acid groups (broad SMARTS) is 1. The van der Waals surface area contributed by atoms with Crippen LogP contribution in [0, 0.1) is 5.92 Å². The first-order chi connectivity index (χ1) is 9.06. The van der Waals surface area contributed by atoms with E-state index in [4.69, 9.17) is 9.84 Å². The maximum Gasteiger partial charge on any atom is 0.320 e. The molecule has 0 aromatic rings. The zero-order valence-corrected chi connectivity index (χ0v) is 11.5. The monoisotopic (exact) mass is 270 g/mol. The van der Waals surface area contributed by atoms with E-state index in [-0.39, 0.29) is 18.7 Å². The third-order valence-corrected chi connectivity index (χ3v) is 3.86. The van der Waals surface area contributed by atoms with E-state index in [9.17, 15) is 9.59 Å². The molecule has 2 unspecified atom stereocenters. The van der Waals surface area contributed by atoms with Gasteiger partial charge in [0.2, 0.25) is 0 Å². The number of carbonyl (C=O) groups excluding carboxylic acids is 1. The molecule has 1 aliphatic carbocycles. The van der Waals surface area contributed by atoms with Gasteiger partial charge in [-0.15, -0.1) is 0 Å². The van der Waals surface area contributed by atoms with Crippen LogP contribution in [0.15, 0.2) is 0 Å². The third-order valence-electron chi connectivity index (χ3n) is 3.86. The lowest BCUT2D eigenvalue weighted by Crippen LogP contribution is -2.50. The molecule has 0 radical (unpaired) electrons. The maximum atomic E-state index is 12.5. The first kappa shape index (κ1) is 14.1. The fraction of sp³-hybridized carbons (Fsp3) is 0.846. The summed E-state index contributed by atoms with van der Waals surface area (Å²) in [6.45, 7) is 3.28. The van der Waals surface area contributed by atoms with Gasteiger partial charge in [0.1, 0.15) is 5.92 Å². The van der Waals surface area contributed by atoms with Crippen LogP contribution in [0.25, 0.3) is 0 Å². The molecule has 2 atom stereocenters. The van der Waals surface area contributed by atoms with Gasteiger partial charge in [-0.3, -0.25) is 4.79 Å². The molecular weight excluding hydrogens is 248 g/mol. The Morgan fingerprint density at radius 2 is 2.00 bits per heavy atom. The molecular formula is C13H22N2O4. The Morgan fingerprint density at radius 1 is 1.32 bits per heavy atom. The van der Waals surface area contributed by atoms with E-state index in [0.29, 0.717) is 12.6 Å². The number of urea groups is 1. The summed E-state index contributed by atoms with van der Waals surface area (Å²) >= 11 is 0. The van der Waals surface area contributed by atoms with Crippen molar-refractivity contribution >= 4 is 12.0 Å². The summed E-state index contributed by atoms with van der Waals surface area (Å²) in [5, 5.41) is 9.15. The lowest BCUT2D eigenvalue weighted by molar-refractivity contribution is -0.142. The molecule has 2 rings (SSSR count). The van der Waals surface area contributed by atoms with Crippen LogP contribution in [0.5, 0.6) is 0 Å². The van der Waals surface area contributed by atoms with Gasteiger partial charge in [0, 0.05) is 19.6 Å². The van der Waals surface area contributed by atoms with E-state index in [1.807, 2.05) is 11.8 Å². The first-order valence-corrected chi connectivity index (χ1v) is 6.90. The van der Waals surface area contributed by atoms with Crippen LogP contribution in [0.1, 0.15) is 26.2 Å². The van der Waals surface area contributed by atoms with Crippen molar-refractivity contribution in [1.29, 1.82) is 0 Å².